The smallest absolute Gasteiger partial charge is 0.0986 e. The van der Waals surface area contributed by atoms with E-state index < -0.39 is 0 Å². The Bertz CT molecular complexity index is 142. The molecule has 1 rings (SSSR count). The van der Waals surface area contributed by atoms with Crippen LogP contribution < -0.4 is 5.73 Å². The summed E-state index contributed by atoms with van der Waals surface area (Å²) in [5, 5.41) is 0. The van der Waals surface area contributed by atoms with Gasteiger partial charge in [-0.05, 0) is 18.8 Å². The molecule has 0 aromatic rings. The molecule has 0 aliphatic carbocycles. The minimum atomic E-state index is -0.127. The first-order valence-corrected chi connectivity index (χ1v) is 4.22. The number of epoxide rings is 1. The van der Waals surface area contributed by atoms with E-state index in [0.29, 0.717) is 11.5 Å². The molecule has 0 aromatic heterocycles. The molecule has 0 spiro atoms. The third-order valence-electron chi connectivity index (χ3n) is 1.98. The molecule has 66 valence electrons. The second kappa shape index (κ2) is 2.46. The lowest BCUT2D eigenvalue weighted by molar-refractivity contribution is 0.218. The largest absolute Gasteiger partial charge is 0.371 e. The highest BCUT2D eigenvalue weighted by Crippen LogP contribution is 2.33. The van der Waals surface area contributed by atoms with E-state index in [2.05, 4.69) is 27.7 Å². The second-order valence-corrected chi connectivity index (χ2v) is 5.07. The highest BCUT2D eigenvalue weighted by Gasteiger charge is 2.42. The Balaban J connectivity index is 2.45. The Hall–Kier alpha value is -0.0800. The molecule has 0 bridgehead atoms. The molecule has 1 aliphatic rings. The number of hydrogen-bond acceptors (Lipinski definition) is 2. The average molecular weight is 157 g/mol. The SMILES string of the molecule is CC(C)(C)CC(C)(N)C1CO1. The van der Waals surface area contributed by atoms with Crippen molar-refractivity contribution in [2.75, 3.05) is 6.61 Å². The fourth-order valence-electron chi connectivity index (χ4n) is 1.69. The van der Waals surface area contributed by atoms with Crippen molar-refractivity contribution in [3.8, 4) is 0 Å². The molecular weight excluding hydrogens is 138 g/mol. The van der Waals surface area contributed by atoms with Gasteiger partial charge in [0.15, 0.2) is 0 Å². The molecule has 0 radical (unpaired) electrons. The Morgan fingerprint density at radius 1 is 1.36 bits per heavy atom. The van der Waals surface area contributed by atoms with Crippen molar-refractivity contribution in [3.63, 3.8) is 0 Å². The standard InChI is InChI=1S/C9H19NO/c1-8(2,3)6-9(4,10)7-5-11-7/h7H,5-6,10H2,1-4H3. The van der Waals surface area contributed by atoms with Gasteiger partial charge in [-0.2, -0.15) is 0 Å². The minimum Gasteiger partial charge on any atom is -0.371 e. The van der Waals surface area contributed by atoms with E-state index in [4.69, 9.17) is 10.5 Å². The van der Waals surface area contributed by atoms with E-state index >= 15 is 0 Å². The average Bonchev–Trinajstić information content (AvgIpc) is 2.30. The third kappa shape index (κ3) is 2.80. The Labute approximate surface area is 69.1 Å². The molecule has 1 aliphatic heterocycles. The lowest BCUT2D eigenvalue weighted by Gasteiger charge is -2.30. The van der Waals surface area contributed by atoms with Crippen LogP contribution in [-0.2, 0) is 4.74 Å². The van der Waals surface area contributed by atoms with Crippen molar-refractivity contribution in [2.45, 2.75) is 45.8 Å². The molecular formula is C9H19NO. The van der Waals surface area contributed by atoms with Crippen LogP contribution in [0, 0.1) is 5.41 Å². The van der Waals surface area contributed by atoms with Crippen LogP contribution in [0.4, 0.5) is 0 Å². The van der Waals surface area contributed by atoms with Crippen LogP contribution in [0.1, 0.15) is 34.1 Å². The van der Waals surface area contributed by atoms with Crippen LogP contribution in [0.3, 0.4) is 0 Å². The highest BCUT2D eigenvalue weighted by atomic mass is 16.6. The summed E-state index contributed by atoms with van der Waals surface area (Å²) >= 11 is 0. The first kappa shape index (κ1) is 9.01. The summed E-state index contributed by atoms with van der Waals surface area (Å²) in [4.78, 5) is 0. The van der Waals surface area contributed by atoms with E-state index in [1.165, 1.54) is 0 Å². The van der Waals surface area contributed by atoms with Gasteiger partial charge in [0.05, 0.1) is 12.7 Å². The molecule has 2 nitrogen and oxygen atoms in total. The first-order valence-electron chi connectivity index (χ1n) is 4.22. The lowest BCUT2D eigenvalue weighted by atomic mass is 9.80. The van der Waals surface area contributed by atoms with Crippen LogP contribution in [0.2, 0.25) is 0 Å². The number of rotatable bonds is 2. The van der Waals surface area contributed by atoms with Gasteiger partial charge in [0.25, 0.3) is 0 Å². The summed E-state index contributed by atoms with van der Waals surface area (Å²) in [6, 6.07) is 0. The molecule has 2 unspecified atom stereocenters. The normalized spacial score (nSPS) is 29.7. The topological polar surface area (TPSA) is 38.5 Å². The number of nitrogens with two attached hydrogens (primary N) is 1. The van der Waals surface area contributed by atoms with E-state index in [-0.39, 0.29) is 5.54 Å². The molecule has 2 atom stereocenters. The van der Waals surface area contributed by atoms with Gasteiger partial charge >= 0.3 is 0 Å². The zero-order valence-electron chi connectivity index (χ0n) is 7.98. The quantitative estimate of drug-likeness (QED) is 0.617. The van der Waals surface area contributed by atoms with E-state index in [0.717, 1.165) is 13.0 Å². The summed E-state index contributed by atoms with van der Waals surface area (Å²) in [5.74, 6) is 0. The van der Waals surface area contributed by atoms with E-state index in [1.54, 1.807) is 0 Å². The summed E-state index contributed by atoms with van der Waals surface area (Å²) in [6.07, 6.45) is 1.33. The molecule has 0 amide bonds. The van der Waals surface area contributed by atoms with Crippen LogP contribution in [0.25, 0.3) is 0 Å². The van der Waals surface area contributed by atoms with E-state index in [1.807, 2.05) is 0 Å². The molecule has 2 heteroatoms. The zero-order chi connectivity index (χ0) is 8.70. The van der Waals surface area contributed by atoms with Gasteiger partial charge in [-0.15, -0.1) is 0 Å². The van der Waals surface area contributed by atoms with Gasteiger partial charge in [0, 0.05) is 5.54 Å². The maximum Gasteiger partial charge on any atom is 0.0986 e. The minimum absolute atomic E-state index is 0.127. The maximum absolute atomic E-state index is 6.08. The maximum atomic E-state index is 6.08. The van der Waals surface area contributed by atoms with Gasteiger partial charge in [-0.3, -0.25) is 0 Å². The van der Waals surface area contributed by atoms with Crippen LogP contribution in [-0.4, -0.2) is 18.2 Å². The predicted molar refractivity (Wildman–Crippen MR) is 46.4 cm³/mol. The molecule has 0 saturated carbocycles. The first-order chi connectivity index (χ1) is 4.81. The van der Waals surface area contributed by atoms with Gasteiger partial charge < -0.3 is 10.5 Å². The highest BCUT2D eigenvalue weighted by molar-refractivity contribution is 4.97. The van der Waals surface area contributed by atoms with Crippen molar-refractivity contribution < 1.29 is 4.74 Å². The van der Waals surface area contributed by atoms with Crippen LogP contribution >= 0.6 is 0 Å². The van der Waals surface area contributed by atoms with Gasteiger partial charge in [-0.25, -0.2) is 0 Å². The second-order valence-electron chi connectivity index (χ2n) is 5.07. The Kier molecular flexibility index (Phi) is 2.01. The Morgan fingerprint density at radius 3 is 2.09 bits per heavy atom. The van der Waals surface area contributed by atoms with Gasteiger partial charge in [-0.1, -0.05) is 20.8 Å². The fourth-order valence-corrected chi connectivity index (χ4v) is 1.69. The monoisotopic (exact) mass is 157 g/mol. The number of ether oxygens (including phenoxy) is 1. The molecule has 11 heavy (non-hydrogen) atoms. The van der Waals surface area contributed by atoms with Crippen molar-refractivity contribution in [1.82, 2.24) is 0 Å². The Morgan fingerprint density at radius 2 is 1.82 bits per heavy atom. The summed E-state index contributed by atoms with van der Waals surface area (Å²) in [7, 11) is 0. The van der Waals surface area contributed by atoms with Gasteiger partial charge in [0.1, 0.15) is 0 Å². The van der Waals surface area contributed by atoms with Crippen molar-refractivity contribution >= 4 is 0 Å². The fraction of sp³-hybridized carbons (Fsp3) is 1.00. The lowest BCUT2D eigenvalue weighted by Crippen LogP contribution is -2.45. The van der Waals surface area contributed by atoms with Gasteiger partial charge in [0.2, 0.25) is 0 Å². The van der Waals surface area contributed by atoms with E-state index in [9.17, 15) is 0 Å². The van der Waals surface area contributed by atoms with Crippen molar-refractivity contribution in [1.29, 1.82) is 0 Å². The third-order valence-corrected chi connectivity index (χ3v) is 1.98. The van der Waals surface area contributed by atoms with Crippen molar-refractivity contribution in [2.24, 2.45) is 11.1 Å². The van der Waals surface area contributed by atoms with Crippen LogP contribution in [0.5, 0.6) is 0 Å². The molecule has 1 fully saturated rings. The summed E-state index contributed by atoms with van der Waals surface area (Å²) in [5.41, 5.74) is 6.26. The molecule has 1 heterocycles. The molecule has 0 aromatic carbocycles. The molecule has 1 saturated heterocycles. The number of hydrogen-bond donors (Lipinski definition) is 1. The zero-order valence-corrected chi connectivity index (χ0v) is 7.98. The predicted octanol–water partition coefficient (Wildman–Crippen LogP) is 1.54. The summed E-state index contributed by atoms with van der Waals surface area (Å²) < 4.78 is 5.19. The van der Waals surface area contributed by atoms with Crippen molar-refractivity contribution in [3.05, 3.63) is 0 Å². The molecule has 2 N–H and O–H groups in total. The van der Waals surface area contributed by atoms with Crippen LogP contribution in [0.15, 0.2) is 0 Å². The summed E-state index contributed by atoms with van der Waals surface area (Å²) in [6.45, 7) is 9.56.